The zero-order chi connectivity index (χ0) is 20.7. The second kappa shape index (κ2) is 7.41. The van der Waals surface area contributed by atoms with Crippen LogP contribution in [0.4, 0.5) is 0 Å². The molecule has 2 aromatic rings. The minimum Gasteiger partial charge on any atom is -0.488 e. The third-order valence-electron chi connectivity index (χ3n) is 5.46. The van der Waals surface area contributed by atoms with Crippen molar-refractivity contribution in [3.63, 3.8) is 0 Å². The van der Waals surface area contributed by atoms with Gasteiger partial charge in [-0.2, -0.15) is 8.42 Å². The van der Waals surface area contributed by atoms with Gasteiger partial charge in [0.05, 0.1) is 18.8 Å². The average molecular weight is 405 g/mol. The summed E-state index contributed by atoms with van der Waals surface area (Å²) in [5.41, 5.74) is 4.51. The van der Waals surface area contributed by atoms with Crippen molar-refractivity contribution < 1.29 is 22.1 Å². The minimum absolute atomic E-state index is 0.0420. The molecule has 1 heterocycles. The first-order chi connectivity index (χ1) is 13.0. The summed E-state index contributed by atoms with van der Waals surface area (Å²) in [6.45, 7) is 10.5. The van der Waals surface area contributed by atoms with Gasteiger partial charge in [0.2, 0.25) is 0 Å². The molecule has 1 aliphatic heterocycles. The van der Waals surface area contributed by atoms with Gasteiger partial charge in [0.25, 0.3) is 10.1 Å². The zero-order valence-corrected chi connectivity index (χ0v) is 18.1. The summed E-state index contributed by atoms with van der Waals surface area (Å²) in [5, 5.41) is 0. The number of rotatable bonds is 6. The molecule has 1 unspecified atom stereocenters. The Morgan fingerprint density at radius 1 is 1.04 bits per heavy atom. The number of hydrogen-bond acceptors (Lipinski definition) is 5. The SMILES string of the molecule is Cc1c(C)c2c(c(C)c1OCc1ccccc1)C(COS(C)(=O)=O)C(C)(C)O2. The van der Waals surface area contributed by atoms with Crippen LogP contribution in [0.5, 0.6) is 11.5 Å². The summed E-state index contributed by atoms with van der Waals surface area (Å²) in [7, 11) is -3.54. The topological polar surface area (TPSA) is 61.8 Å². The monoisotopic (exact) mass is 404 g/mol. The van der Waals surface area contributed by atoms with Crippen LogP contribution in [0, 0.1) is 20.8 Å². The van der Waals surface area contributed by atoms with Crippen LogP contribution in [0.2, 0.25) is 0 Å². The van der Waals surface area contributed by atoms with Crippen LogP contribution in [0.1, 0.15) is 47.6 Å². The zero-order valence-electron chi connectivity index (χ0n) is 17.3. The molecule has 3 rings (SSSR count). The van der Waals surface area contributed by atoms with E-state index in [1.54, 1.807) is 0 Å². The lowest BCUT2D eigenvalue weighted by Gasteiger charge is -2.26. The van der Waals surface area contributed by atoms with Crippen molar-refractivity contribution in [2.24, 2.45) is 0 Å². The molecule has 5 nitrogen and oxygen atoms in total. The van der Waals surface area contributed by atoms with E-state index in [-0.39, 0.29) is 12.5 Å². The van der Waals surface area contributed by atoms with Gasteiger partial charge < -0.3 is 9.47 Å². The van der Waals surface area contributed by atoms with E-state index in [2.05, 4.69) is 0 Å². The molecule has 6 heteroatoms. The van der Waals surface area contributed by atoms with Crippen LogP contribution in [0.15, 0.2) is 30.3 Å². The van der Waals surface area contributed by atoms with Gasteiger partial charge in [-0.3, -0.25) is 4.18 Å². The Hall–Kier alpha value is -2.05. The van der Waals surface area contributed by atoms with E-state index in [4.69, 9.17) is 13.7 Å². The Morgan fingerprint density at radius 2 is 1.68 bits per heavy atom. The molecule has 1 atom stereocenters. The molecule has 1 aliphatic rings. The van der Waals surface area contributed by atoms with E-state index in [1.165, 1.54) is 0 Å². The fraction of sp³-hybridized carbons (Fsp3) is 0.455. The highest BCUT2D eigenvalue weighted by Gasteiger charge is 2.44. The normalized spacial score (nSPS) is 17.9. The second-order valence-corrected chi connectivity index (χ2v) is 9.61. The third-order valence-corrected chi connectivity index (χ3v) is 6.02. The lowest BCUT2D eigenvalue weighted by atomic mass is 9.83. The Bertz CT molecular complexity index is 978. The van der Waals surface area contributed by atoms with E-state index < -0.39 is 15.7 Å². The molecule has 0 bridgehead atoms. The molecular formula is C22H28O5S. The fourth-order valence-electron chi connectivity index (χ4n) is 3.77. The molecule has 0 aromatic heterocycles. The Morgan fingerprint density at radius 3 is 2.29 bits per heavy atom. The third kappa shape index (κ3) is 4.03. The van der Waals surface area contributed by atoms with Gasteiger partial charge in [0.15, 0.2) is 0 Å². The first-order valence-corrected chi connectivity index (χ1v) is 11.2. The Balaban J connectivity index is 2.00. The highest BCUT2D eigenvalue weighted by atomic mass is 32.2. The molecular weight excluding hydrogens is 376 g/mol. The van der Waals surface area contributed by atoms with Gasteiger partial charge in [0.1, 0.15) is 23.7 Å². The molecule has 2 aromatic carbocycles. The quantitative estimate of drug-likeness (QED) is 0.667. The maximum Gasteiger partial charge on any atom is 0.264 e. The number of hydrogen-bond donors (Lipinski definition) is 0. The summed E-state index contributed by atoms with van der Waals surface area (Å²) < 4.78 is 40.7. The average Bonchev–Trinajstić information content (AvgIpc) is 2.89. The van der Waals surface area contributed by atoms with Crippen molar-refractivity contribution in [1.82, 2.24) is 0 Å². The van der Waals surface area contributed by atoms with Crippen LogP contribution in [-0.2, 0) is 20.9 Å². The van der Waals surface area contributed by atoms with Gasteiger partial charge in [-0.1, -0.05) is 30.3 Å². The molecule has 0 radical (unpaired) electrons. The number of ether oxygens (including phenoxy) is 2. The standard InChI is InChI=1S/C22H28O5S/c1-14-15(2)21-19(18(22(4,5)27-21)13-26-28(6,23)24)16(3)20(14)25-12-17-10-8-7-9-11-17/h7-11,18H,12-13H2,1-6H3. The van der Waals surface area contributed by atoms with Crippen molar-refractivity contribution in [3.8, 4) is 11.5 Å². The smallest absolute Gasteiger partial charge is 0.264 e. The number of fused-ring (bicyclic) bond motifs is 1. The van der Waals surface area contributed by atoms with Gasteiger partial charge >= 0.3 is 0 Å². The maximum absolute atomic E-state index is 11.6. The molecule has 0 saturated carbocycles. The summed E-state index contributed by atoms with van der Waals surface area (Å²) in [6, 6.07) is 10.0. The van der Waals surface area contributed by atoms with Crippen LogP contribution < -0.4 is 9.47 Å². The van der Waals surface area contributed by atoms with E-state index >= 15 is 0 Å². The summed E-state index contributed by atoms with van der Waals surface area (Å²) in [6.07, 6.45) is 1.07. The molecule has 152 valence electrons. The molecule has 0 N–H and O–H groups in total. The van der Waals surface area contributed by atoms with Gasteiger partial charge in [-0.15, -0.1) is 0 Å². The van der Waals surface area contributed by atoms with E-state index in [9.17, 15) is 8.42 Å². The van der Waals surface area contributed by atoms with Crippen molar-refractivity contribution in [2.75, 3.05) is 12.9 Å². The number of benzene rings is 2. The molecule has 0 fully saturated rings. The van der Waals surface area contributed by atoms with E-state index in [0.717, 1.165) is 45.6 Å². The van der Waals surface area contributed by atoms with Gasteiger partial charge in [-0.05, 0) is 56.9 Å². The lowest BCUT2D eigenvalue weighted by molar-refractivity contribution is 0.0879. The predicted octanol–water partition coefficient (Wildman–Crippen LogP) is 4.42. The minimum atomic E-state index is -3.54. The highest BCUT2D eigenvalue weighted by molar-refractivity contribution is 7.85. The molecule has 0 spiro atoms. The fourth-order valence-corrected chi connectivity index (χ4v) is 4.15. The van der Waals surface area contributed by atoms with E-state index in [1.807, 2.05) is 65.0 Å². The van der Waals surface area contributed by atoms with Crippen LogP contribution in [0.25, 0.3) is 0 Å². The molecule has 0 saturated heterocycles. The van der Waals surface area contributed by atoms with Gasteiger partial charge in [0, 0.05) is 5.56 Å². The summed E-state index contributed by atoms with van der Waals surface area (Å²) in [5.74, 6) is 1.43. The Labute approximate surface area is 167 Å². The van der Waals surface area contributed by atoms with Crippen LogP contribution in [0.3, 0.4) is 0 Å². The first kappa shape index (κ1) is 20.7. The van der Waals surface area contributed by atoms with Crippen molar-refractivity contribution >= 4 is 10.1 Å². The van der Waals surface area contributed by atoms with Crippen molar-refractivity contribution in [3.05, 3.63) is 58.1 Å². The van der Waals surface area contributed by atoms with Crippen molar-refractivity contribution in [2.45, 2.75) is 52.7 Å². The molecule has 0 aliphatic carbocycles. The Kier molecular flexibility index (Phi) is 5.47. The summed E-state index contributed by atoms with van der Waals surface area (Å²) in [4.78, 5) is 0. The highest BCUT2D eigenvalue weighted by Crippen LogP contribution is 2.51. The predicted molar refractivity (Wildman–Crippen MR) is 110 cm³/mol. The first-order valence-electron chi connectivity index (χ1n) is 9.35. The van der Waals surface area contributed by atoms with Crippen LogP contribution in [-0.4, -0.2) is 26.9 Å². The van der Waals surface area contributed by atoms with Gasteiger partial charge in [-0.25, -0.2) is 0 Å². The largest absolute Gasteiger partial charge is 0.488 e. The van der Waals surface area contributed by atoms with Crippen molar-refractivity contribution in [1.29, 1.82) is 0 Å². The lowest BCUT2D eigenvalue weighted by Crippen LogP contribution is -2.33. The summed E-state index contributed by atoms with van der Waals surface area (Å²) >= 11 is 0. The molecule has 28 heavy (non-hydrogen) atoms. The molecule has 0 amide bonds. The second-order valence-electron chi connectivity index (χ2n) is 7.97. The maximum atomic E-state index is 11.6. The van der Waals surface area contributed by atoms with Crippen LogP contribution >= 0.6 is 0 Å². The van der Waals surface area contributed by atoms with E-state index in [0.29, 0.717) is 6.61 Å².